The Morgan fingerprint density at radius 2 is 2.21 bits per heavy atom. The van der Waals surface area contributed by atoms with Crippen molar-refractivity contribution in [2.75, 3.05) is 0 Å². The van der Waals surface area contributed by atoms with Gasteiger partial charge in [0.05, 0.1) is 10.7 Å². The molecule has 19 heavy (non-hydrogen) atoms. The van der Waals surface area contributed by atoms with Crippen LogP contribution < -0.4 is 4.74 Å². The largest absolute Gasteiger partial charge is 0.485 e. The van der Waals surface area contributed by atoms with Crippen LogP contribution in [0.3, 0.4) is 0 Å². The number of carbonyl (C=O) groups is 1. The lowest BCUT2D eigenvalue weighted by Gasteiger charge is -2.10. The summed E-state index contributed by atoms with van der Waals surface area (Å²) in [5, 5.41) is 13.6. The van der Waals surface area contributed by atoms with E-state index in [0.717, 1.165) is 0 Å². The van der Waals surface area contributed by atoms with E-state index in [1.807, 2.05) is 0 Å². The summed E-state index contributed by atoms with van der Waals surface area (Å²) in [6, 6.07) is 4.50. The van der Waals surface area contributed by atoms with Crippen LogP contribution >= 0.6 is 23.2 Å². The molecule has 2 aromatic rings. The molecule has 0 aliphatic heterocycles. The Hall–Kier alpha value is -1.72. The van der Waals surface area contributed by atoms with E-state index in [4.69, 9.17) is 33.0 Å². The second kappa shape index (κ2) is 5.50. The van der Waals surface area contributed by atoms with Gasteiger partial charge in [0.25, 0.3) is 0 Å². The second-order valence-corrected chi connectivity index (χ2v) is 4.68. The van der Waals surface area contributed by atoms with Gasteiger partial charge in [-0.2, -0.15) is 5.10 Å². The van der Waals surface area contributed by atoms with Crippen LogP contribution in [0.2, 0.25) is 10.0 Å². The van der Waals surface area contributed by atoms with Crippen LogP contribution in [0, 0.1) is 0 Å². The summed E-state index contributed by atoms with van der Waals surface area (Å²) < 4.78 is 7.06. The normalized spacial score (nSPS) is 10.5. The molecule has 0 saturated carbocycles. The molecule has 7 heteroatoms. The molecule has 1 aromatic heterocycles. The molecule has 1 N–H and O–H groups in total. The number of ether oxygens (including phenoxy) is 1. The van der Waals surface area contributed by atoms with Crippen molar-refractivity contribution in [2.45, 2.75) is 6.61 Å². The summed E-state index contributed by atoms with van der Waals surface area (Å²) in [6.45, 7) is 0.127. The number of halogens is 2. The van der Waals surface area contributed by atoms with Crippen LogP contribution in [0.5, 0.6) is 5.75 Å². The van der Waals surface area contributed by atoms with Crippen molar-refractivity contribution < 1.29 is 14.6 Å². The molecule has 0 spiro atoms. The van der Waals surface area contributed by atoms with E-state index in [1.54, 1.807) is 24.0 Å². The molecule has 0 atom stereocenters. The predicted octanol–water partition coefficient (Wildman–Crippen LogP) is 3.00. The zero-order chi connectivity index (χ0) is 14.0. The zero-order valence-electron chi connectivity index (χ0n) is 9.93. The number of hydrogen-bond donors (Lipinski definition) is 1. The van der Waals surface area contributed by atoms with Gasteiger partial charge in [-0.25, -0.2) is 4.79 Å². The maximum Gasteiger partial charge on any atom is 0.339 e. The molecule has 1 aromatic carbocycles. The molecule has 100 valence electrons. The minimum absolute atomic E-state index is 0.0755. The third-order valence-corrected chi connectivity index (χ3v) is 2.87. The molecule has 0 unspecified atom stereocenters. The molecule has 0 radical (unpaired) electrons. The predicted molar refractivity (Wildman–Crippen MR) is 71.0 cm³/mol. The van der Waals surface area contributed by atoms with Gasteiger partial charge in [0.2, 0.25) is 0 Å². The average Bonchev–Trinajstić information content (AvgIpc) is 2.73. The first-order chi connectivity index (χ1) is 8.97. The molecule has 5 nitrogen and oxygen atoms in total. The number of carboxylic acid groups (broad SMARTS) is 1. The van der Waals surface area contributed by atoms with E-state index in [1.165, 1.54) is 12.1 Å². The summed E-state index contributed by atoms with van der Waals surface area (Å²) in [5.74, 6) is -1.07. The Kier molecular flexibility index (Phi) is 3.97. The van der Waals surface area contributed by atoms with Crippen LogP contribution in [0.15, 0.2) is 24.4 Å². The summed E-state index contributed by atoms with van der Waals surface area (Å²) in [7, 11) is 1.78. The fourth-order valence-electron chi connectivity index (χ4n) is 1.55. The smallest absolute Gasteiger partial charge is 0.339 e. The van der Waals surface area contributed by atoms with E-state index in [9.17, 15) is 4.79 Å². The van der Waals surface area contributed by atoms with Gasteiger partial charge in [0, 0.05) is 18.3 Å². The van der Waals surface area contributed by atoms with E-state index >= 15 is 0 Å². The quantitative estimate of drug-likeness (QED) is 0.943. The number of carboxylic acids is 1. The maximum absolute atomic E-state index is 11.1. The van der Waals surface area contributed by atoms with E-state index in [0.29, 0.717) is 5.69 Å². The number of rotatable bonds is 4. The van der Waals surface area contributed by atoms with Crippen LogP contribution in [0.4, 0.5) is 0 Å². The topological polar surface area (TPSA) is 64.3 Å². The number of aryl methyl sites for hydroxylation is 1. The number of aromatic nitrogens is 2. The van der Waals surface area contributed by atoms with E-state index < -0.39 is 5.97 Å². The highest BCUT2D eigenvalue weighted by molar-refractivity contribution is 6.36. The Balaban J connectivity index is 2.26. The molecule has 0 aliphatic carbocycles. The molecule has 0 saturated heterocycles. The van der Waals surface area contributed by atoms with Crippen LogP contribution in [0.25, 0.3) is 0 Å². The van der Waals surface area contributed by atoms with Crippen LogP contribution in [-0.2, 0) is 13.7 Å². The Morgan fingerprint density at radius 1 is 1.47 bits per heavy atom. The lowest BCUT2D eigenvalue weighted by atomic mass is 10.2. The summed E-state index contributed by atoms with van der Waals surface area (Å²) in [4.78, 5) is 11.1. The lowest BCUT2D eigenvalue weighted by molar-refractivity contribution is 0.0691. The third-order valence-electron chi connectivity index (χ3n) is 2.37. The van der Waals surface area contributed by atoms with E-state index in [-0.39, 0.29) is 28.0 Å². The standard InChI is InChI=1S/C12H10Cl2N2O3/c1-16-3-2-8(15-16)6-19-11-9(12(17)18)4-7(13)5-10(11)14/h2-5H,6H2,1H3,(H,17,18). The molecule has 0 fully saturated rings. The van der Waals surface area contributed by atoms with Gasteiger partial charge in [-0.3, -0.25) is 4.68 Å². The SMILES string of the molecule is Cn1ccc(COc2c(Cl)cc(Cl)cc2C(=O)O)n1. The Labute approximate surface area is 119 Å². The van der Waals surface area contributed by atoms with E-state index in [2.05, 4.69) is 5.10 Å². The van der Waals surface area contributed by atoms with Gasteiger partial charge < -0.3 is 9.84 Å². The number of benzene rings is 1. The molecule has 0 bridgehead atoms. The number of nitrogens with zero attached hydrogens (tertiary/aromatic N) is 2. The monoisotopic (exact) mass is 300 g/mol. The van der Waals surface area contributed by atoms with Gasteiger partial charge in [-0.05, 0) is 18.2 Å². The van der Waals surface area contributed by atoms with Gasteiger partial charge in [0.1, 0.15) is 12.2 Å². The summed E-state index contributed by atoms with van der Waals surface area (Å²) in [6.07, 6.45) is 1.76. The fourth-order valence-corrected chi connectivity index (χ4v) is 2.10. The average molecular weight is 301 g/mol. The number of hydrogen-bond acceptors (Lipinski definition) is 3. The first-order valence-corrected chi connectivity index (χ1v) is 6.06. The summed E-state index contributed by atoms with van der Waals surface area (Å²) in [5.41, 5.74) is 0.596. The first kappa shape index (κ1) is 13.7. The molecular weight excluding hydrogens is 291 g/mol. The lowest BCUT2D eigenvalue weighted by Crippen LogP contribution is -2.05. The van der Waals surface area contributed by atoms with Gasteiger partial charge >= 0.3 is 5.97 Å². The van der Waals surface area contributed by atoms with Crippen molar-refractivity contribution in [3.05, 3.63) is 45.7 Å². The van der Waals surface area contributed by atoms with Gasteiger partial charge in [0.15, 0.2) is 5.75 Å². The Bertz CT molecular complexity index is 625. The van der Waals surface area contributed by atoms with Gasteiger partial charge in [-0.1, -0.05) is 23.2 Å². The minimum atomic E-state index is -1.15. The highest BCUT2D eigenvalue weighted by Gasteiger charge is 2.17. The molecular formula is C12H10Cl2N2O3. The fraction of sp³-hybridized carbons (Fsp3) is 0.167. The van der Waals surface area contributed by atoms with Crippen molar-refractivity contribution in [1.29, 1.82) is 0 Å². The molecule has 2 rings (SSSR count). The summed E-state index contributed by atoms with van der Waals surface area (Å²) >= 11 is 11.7. The zero-order valence-corrected chi connectivity index (χ0v) is 11.4. The highest BCUT2D eigenvalue weighted by atomic mass is 35.5. The third kappa shape index (κ3) is 3.19. The highest BCUT2D eigenvalue weighted by Crippen LogP contribution is 2.33. The van der Waals surface area contributed by atoms with Crippen molar-refractivity contribution in [3.8, 4) is 5.75 Å². The van der Waals surface area contributed by atoms with Crippen molar-refractivity contribution in [2.24, 2.45) is 7.05 Å². The Morgan fingerprint density at radius 3 is 2.79 bits per heavy atom. The minimum Gasteiger partial charge on any atom is -0.485 e. The van der Waals surface area contributed by atoms with Crippen molar-refractivity contribution in [3.63, 3.8) is 0 Å². The van der Waals surface area contributed by atoms with Crippen LogP contribution in [0.1, 0.15) is 16.1 Å². The second-order valence-electron chi connectivity index (χ2n) is 3.84. The maximum atomic E-state index is 11.1. The molecule has 1 heterocycles. The van der Waals surface area contributed by atoms with Crippen LogP contribution in [-0.4, -0.2) is 20.9 Å². The van der Waals surface area contributed by atoms with Crippen molar-refractivity contribution >= 4 is 29.2 Å². The van der Waals surface area contributed by atoms with Gasteiger partial charge in [-0.15, -0.1) is 0 Å². The first-order valence-electron chi connectivity index (χ1n) is 5.31. The van der Waals surface area contributed by atoms with Crippen molar-refractivity contribution in [1.82, 2.24) is 9.78 Å². The molecule has 0 aliphatic rings. The number of aromatic carboxylic acids is 1. The molecule has 0 amide bonds.